The van der Waals surface area contributed by atoms with E-state index in [4.69, 9.17) is 5.73 Å². The molecule has 0 bridgehead atoms. The molecule has 6 heteroatoms. The Labute approximate surface area is 102 Å². The highest BCUT2D eigenvalue weighted by atomic mass is 19.3. The van der Waals surface area contributed by atoms with Gasteiger partial charge in [0.15, 0.2) is 0 Å². The molecule has 1 aromatic heterocycles. The topological polar surface area (TPSA) is 60.2 Å². The van der Waals surface area contributed by atoms with Crippen LogP contribution < -0.4 is 15.8 Å². The Kier molecular flexibility index (Phi) is 3.57. The number of anilines is 3. The van der Waals surface area contributed by atoms with E-state index in [0.717, 1.165) is 0 Å². The van der Waals surface area contributed by atoms with E-state index in [1.165, 1.54) is 6.07 Å². The van der Waals surface area contributed by atoms with Crippen LogP contribution in [0.25, 0.3) is 0 Å². The molecule has 1 heterocycles. The normalized spacial score (nSPS) is 10.4. The molecule has 0 aliphatic rings. The zero-order valence-corrected chi connectivity index (χ0v) is 9.31. The van der Waals surface area contributed by atoms with Crippen LogP contribution in [0.15, 0.2) is 42.6 Å². The molecule has 0 saturated heterocycles. The number of halogens is 2. The van der Waals surface area contributed by atoms with E-state index >= 15 is 0 Å². The van der Waals surface area contributed by atoms with Crippen molar-refractivity contribution in [1.29, 1.82) is 0 Å². The van der Waals surface area contributed by atoms with E-state index in [0.29, 0.717) is 11.4 Å². The summed E-state index contributed by atoms with van der Waals surface area (Å²) in [5.74, 6) is 0.333. The second-order valence-corrected chi connectivity index (χ2v) is 3.44. The number of hydrogen-bond acceptors (Lipinski definition) is 4. The summed E-state index contributed by atoms with van der Waals surface area (Å²) in [6.07, 6.45) is 1.54. The number of nitrogens with one attached hydrogen (secondary N) is 1. The number of alkyl halides is 2. The van der Waals surface area contributed by atoms with Crippen LogP contribution in [0.4, 0.5) is 26.0 Å². The third kappa shape index (κ3) is 2.85. The molecule has 0 unspecified atom stereocenters. The van der Waals surface area contributed by atoms with Crippen molar-refractivity contribution in [2.45, 2.75) is 6.61 Å². The Morgan fingerprint density at radius 1 is 1.11 bits per heavy atom. The Bertz CT molecular complexity index is 534. The number of nitrogens with two attached hydrogens (primary N) is 1. The van der Waals surface area contributed by atoms with Crippen LogP contribution in [0, 0.1) is 0 Å². The number of nitrogen functional groups attached to an aromatic ring is 1. The van der Waals surface area contributed by atoms with Gasteiger partial charge in [-0.2, -0.15) is 8.78 Å². The molecule has 94 valence electrons. The molecule has 18 heavy (non-hydrogen) atoms. The molecule has 0 aliphatic heterocycles. The third-order valence-electron chi connectivity index (χ3n) is 2.21. The standard InChI is InChI=1S/C12H11F2N3O/c13-12(14)18-10-6-2-1-4-8(10)17-9-5-3-7-16-11(9)15/h1-7,12,17H,(H2,15,16). The second kappa shape index (κ2) is 5.31. The largest absolute Gasteiger partial charge is 0.433 e. The highest BCUT2D eigenvalue weighted by Crippen LogP contribution is 2.30. The lowest BCUT2D eigenvalue weighted by Gasteiger charge is -2.13. The number of hydrogen-bond donors (Lipinski definition) is 2. The molecule has 2 aromatic rings. The molecule has 0 amide bonds. The summed E-state index contributed by atoms with van der Waals surface area (Å²) < 4.78 is 28.9. The first-order valence-corrected chi connectivity index (χ1v) is 5.18. The monoisotopic (exact) mass is 251 g/mol. The predicted molar refractivity (Wildman–Crippen MR) is 65.0 cm³/mol. The summed E-state index contributed by atoms with van der Waals surface area (Å²) in [5.41, 5.74) is 6.59. The molecular formula is C12H11F2N3O. The van der Waals surface area contributed by atoms with Gasteiger partial charge in [-0.25, -0.2) is 4.98 Å². The van der Waals surface area contributed by atoms with Crippen molar-refractivity contribution in [3.8, 4) is 5.75 Å². The maximum Gasteiger partial charge on any atom is 0.387 e. The van der Waals surface area contributed by atoms with Gasteiger partial charge in [0.1, 0.15) is 11.6 Å². The lowest BCUT2D eigenvalue weighted by atomic mass is 10.2. The molecule has 0 radical (unpaired) electrons. The smallest absolute Gasteiger partial charge is 0.387 e. The van der Waals surface area contributed by atoms with Crippen LogP contribution in [0.2, 0.25) is 0 Å². The zero-order chi connectivity index (χ0) is 13.0. The van der Waals surface area contributed by atoms with Crippen molar-refractivity contribution < 1.29 is 13.5 Å². The van der Waals surface area contributed by atoms with Crippen molar-refractivity contribution in [2.24, 2.45) is 0 Å². The summed E-state index contributed by atoms with van der Waals surface area (Å²) in [6.45, 7) is -2.88. The van der Waals surface area contributed by atoms with Crippen molar-refractivity contribution in [1.82, 2.24) is 4.98 Å². The van der Waals surface area contributed by atoms with E-state index in [9.17, 15) is 8.78 Å². The zero-order valence-electron chi connectivity index (χ0n) is 9.31. The fourth-order valence-electron chi connectivity index (χ4n) is 1.44. The van der Waals surface area contributed by atoms with Gasteiger partial charge in [0.2, 0.25) is 0 Å². The molecule has 0 fully saturated rings. The van der Waals surface area contributed by atoms with E-state index < -0.39 is 6.61 Å². The summed E-state index contributed by atoms with van der Waals surface area (Å²) in [6, 6.07) is 9.75. The van der Waals surface area contributed by atoms with E-state index in [1.807, 2.05) is 0 Å². The van der Waals surface area contributed by atoms with Crippen LogP contribution in [-0.4, -0.2) is 11.6 Å². The van der Waals surface area contributed by atoms with Crippen LogP contribution in [0.1, 0.15) is 0 Å². The molecule has 4 nitrogen and oxygen atoms in total. The minimum atomic E-state index is -2.88. The average molecular weight is 251 g/mol. The summed E-state index contributed by atoms with van der Waals surface area (Å²) in [4.78, 5) is 3.89. The lowest BCUT2D eigenvalue weighted by molar-refractivity contribution is -0.0493. The van der Waals surface area contributed by atoms with Gasteiger partial charge in [-0.3, -0.25) is 0 Å². The average Bonchev–Trinajstić information content (AvgIpc) is 2.34. The molecule has 0 spiro atoms. The Morgan fingerprint density at radius 2 is 1.83 bits per heavy atom. The quantitative estimate of drug-likeness (QED) is 0.876. The number of benzene rings is 1. The highest BCUT2D eigenvalue weighted by molar-refractivity contribution is 5.72. The second-order valence-electron chi connectivity index (χ2n) is 3.44. The maximum atomic E-state index is 12.2. The van der Waals surface area contributed by atoms with Gasteiger partial charge >= 0.3 is 6.61 Å². The molecule has 1 aromatic carbocycles. The molecule has 2 rings (SSSR count). The van der Waals surface area contributed by atoms with Crippen LogP contribution in [-0.2, 0) is 0 Å². The Morgan fingerprint density at radius 3 is 2.56 bits per heavy atom. The summed E-state index contributed by atoms with van der Waals surface area (Å²) in [5, 5.41) is 2.90. The third-order valence-corrected chi connectivity index (χ3v) is 2.21. The van der Waals surface area contributed by atoms with Gasteiger partial charge < -0.3 is 15.8 Å². The molecular weight excluding hydrogens is 240 g/mol. The molecule has 0 saturated carbocycles. The first-order chi connectivity index (χ1) is 8.66. The number of nitrogens with zero attached hydrogens (tertiary/aromatic N) is 1. The molecule has 0 atom stereocenters. The van der Waals surface area contributed by atoms with Gasteiger partial charge in [-0.15, -0.1) is 0 Å². The van der Waals surface area contributed by atoms with Gasteiger partial charge in [0, 0.05) is 6.20 Å². The fourth-order valence-corrected chi connectivity index (χ4v) is 1.44. The summed E-state index contributed by atoms with van der Waals surface area (Å²) >= 11 is 0. The first kappa shape index (κ1) is 12.1. The minimum absolute atomic E-state index is 0.0516. The van der Waals surface area contributed by atoms with Crippen molar-refractivity contribution >= 4 is 17.2 Å². The van der Waals surface area contributed by atoms with Crippen LogP contribution >= 0.6 is 0 Å². The number of rotatable bonds is 4. The van der Waals surface area contributed by atoms with Crippen LogP contribution in [0.5, 0.6) is 5.75 Å². The van der Waals surface area contributed by atoms with E-state index in [2.05, 4.69) is 15.0 Å². The van der Waals surface area contributed by atoms with E-state index in [1.54, 1.807) is 36.5 Å². The van der Waals surface area contributed by atoms with Gasteiger partial charge in [-0.1, -0.05) is 12.1 Å². The predicted octanol–water partition coefficient (Wildman–Crippen LogP) is 3.01. The number of pyridine rings is 1. The van der Waals surface area contributed by atoms with Crippen molar-refractivity contribution in [3.05, 3.63) is 42.6 Å². The SMILES string of the molecule is Nc1ncccc1Nc1ccccc1OC(F)F. The van der Waals surface area contributed by atoms with Gasteiger partial charge in [-0.05, 0) is 24.3 Å². The lowest BCUT2D eigenvalue weighted by Crippen LogP contribution is -2.05. The van der Waals surface area contributed by atoms with Gasteiger partial charge in [0.25, 0.3) is 0 Å². The number of aromatic nitrogens is 1. The first-order valence-electron chi connectivity index (χ1n) is 5.18. The Hall–Kier alpha value is -2.37. The van der Waals surface area contributed by atoms with Crippen molar-refractivity contribution in [3.63, 3.8) is 0 Å². The molecule has 3 N–H and O–H groups in total. The number of para-hydroxylation sites is 2. The summed E-state index contributed by atoms with van der Waals surface area (Å²) in [7, 11) is 0. The fraction of sp³-hybridized carbons (Fsp3) is 0.0833. The highest BCUT2D eigenvalue weighted by Gasteiger charge is 2.10. The van der Waals surface area contributed by atoms with Gasteiger partial charge in [0.05, 0.1) is 11.4 Å². The van der Waals surface area contributed by atoms with Crippen molar-refractivity contribution in [2.75, 3.05) is 11.1 Å². The van der Waals surface area contributed by atoms with Crippen LogP contribution in [0.3, 0.4) is 0 Å². The molecule has 0 aliphatic carbocycles. The number of ether oxygens (including phenoxy) is 1. The minimum Gasteiger partial charge on any atom is -0.433 e. The maximum absolute atomic E-state index is 12.2. The van der Waals surface area contributed by atoms with E-state index in [-0.39, 0.29) is 11.6 Å². The Balaban J connectivity index is 2.26.